The van der Waals surface area contributed by atoms with Crippen LogP contribution in [0.4, 0.5) is 0 Å². The van der Waals surface area contributed by atoms with Gasteiger partial charge in [-0.25, -0.2) is 4.98 Å². The molecule has 4 rings (SSSR count). The highest BCUT2D eigenvalue weighted by atomic mass is 16.5. The maximum atomic E-state index is 12.8. The van der Waals surface area contributed by atoms with E-state index < -0.39 is 0 Å². The van der Waals surface area contributed by atoms with Crippen molar-refractivity contribution in [1.29, 1.82) is 0 Å². The molecule has 3 heterocycles. The summed E-state index contributed by atoms with van der Waals surface area (Å²) >= 11 is 0. The Balaban J connectivity index is 1.41. The number of aryl methyl sites for hydroxylation is 1. The topological polar surface area (TPSA) is 60.5 Å². The molecule has 1 atom stereocenters. The van der Waals surface area contributed by atoms with E-state index in [1.54, 1.807) is 12.5 Å². The fourth-order valence-electron chi connectivity index (χ4n) is 3.30. The summed E-state index contributed by atoms with van der Waals surface area (Å²) in [6, 6.07) is 11.7. The molecular weight excluding hydrogens is 330 g/mol. The van der Waals surface area contributed by atoms with Gasteiger partial charge in [0.1, 0.15) is 18.1 Å². The van der Waals surface area contributed by atoms with Crippen LogP contribution in [-0.2, 0) is 6.61 Å². The number of ether oxygens (including phenoxy) is 1. The van der Waals surface area contributed by atoms with Gasteiger partial charge in [0.25, 0.3) is 5.91 Å². The molecule has 1 unspecified atom stereocenters. The van der Waals surface area contributed by atoms with Crippen molar-refractivity contribution in [2.75, 3.05) is 13.1 Å². The number of hydrogen-bond donors (Lipinski definition) is 0. The maximum absolute atomic E-state index is 12.8. The number of rotatable bonds is 5. The first-order chi connectivity index (χ1) is 12.7. The van der Waals surface area contributed by atoms with Gasteiger partial charge in [0.2, 0.25) is 0 Å². The zero-order chi connectivity index (χ0) is 17.9. The van der Waals surface area contributed by atoms with Gasteiger partial charge in [0, 0.05) is 31.0 Å². The molecule has 2 aromatic heterocycles. The molecule has 0 radical (unpaired) electrons. The van der Waals surface area contributed by atoms with Crippen molar-refractivity contribution < 1.29 is 13.9 Å². The van der Waals surface area contributed by atoms with E-state index in [0.29, 0.717) is 24.7 Å². The van der Waals surface area contributed by atoms with E-state index in [-0.39, 0.29) is 11.9 Å². The fraction of sp³-hybridized carbons (Fsp3) is 0.300. The predicted octanol–water partition coefficient (Wildman–Crippen LogP) is 3.45. The molecule has 0 N–H and O–H groups in total. The molecule has 134 valence electrons. The van der Waals surface area contributed by atoms with Crippen LogP contribution >= 0.6 is 0 Å². The number of para-hydroxylation sites is 1. The molecule has 26 heavy (non-hydrogen) atoms. The van der Waals surface area contributed by atoms with Crippen molar-refractivity contribution >= 4 is 5.91 Å². The molecule has 1 fully saturated rings. The van der Waals surface area contributed by atoms with Crippen molar-refractivity contribution in [3.8, 4) is 5.75 Å². The van der Waals surface area contributed by atoms with Crippen LogP contribution in [0.25, 0.3) is 0 Å². The number of amides is 1. The number of nitrogens with zero attached hydrogens (tertiary/aromatic N) is 3. The largest absolute Gasteiger partial charge is 0.486 e. The Kier molecular flexibility index (Phi) is 4.48. The highest BCUT2D eigenvalue weighted by molar-refractivity contribution is 5.93. The standard InChI is InChI=1S/C20H21N3O3/c1-15-11-18(13-25-17-5-3-2-4-6-17)26-19(15)20(24)22-9-7-16(12-22)23-10-8-21-14-23/h2-6,8,10-11,14,16H,7,9,12-13H2,1H3. The normalized spacial score (nSPS) is 16.8. The third-order valence-corrected chi connectivity index (χ3v) is 4.68. The SMILES string of the molecule is Cc1cc(COc2ccccc2)oc1C(=O)N1CCC(n2ccnc2)C1. The van der Waals surface area contributed by atoms with Crippen LogP contribution in [0.2, 0.25) is 0 Å². The van der Waals surface area contributed by atoms with Gasteiger partial charge in [-0.15, -0.1) is 0 Å². The van der Waals surface area contributed by atoms with Crippen molar-refractivity contribution in [2.45, 2.75) is 26.0 Å². The van der Waals surface area contributed by atoms with Gasteiger partial charge in [-0.2, -0.15) is 0 Å². The van der Waals surface area contributed by atoms with Crippen LogP contribution in [0.5, 0.6) is 5.75 Å². The third-order valence-electron chi connectivity index (χ3n) is 4.68. The number of furan rings is 1. The highest BCUT2D eigenvalue weighted by Crippen LogP contribution is 2.25. The monoisotopic (exact) mass is 351 g/mol. The van der Waals surface area contributed by atoms with E-state index in [2.05, 4.69) is 9.55 Å². The van der Waals surface area contributed by atoms with Crippen LogP contribution < -0.4 is 4.74 Å². The first-order valence-corrected chi connectivity index (χ1v) is 8.74. The lowest BCUT2D eigenvalue weighted by molar-refractivity contribution is 0.0751. The fourth-order valence-corrected chi connectivity index (χ4v) is 3.30. The van der Waals surface area contributed by atoms with Gasteiger partial charge in [0.15, 0.2) is 5.76 Å². The summed E-state index contributed by atoms with van der Waals surface area (Å²) in [6.45, 7) is 3.59. The summed E-state index contributed by atoms with van der Waals surface area (Å²) in [7, 11) is 0. The summed E-state index contributed by atoms with van der Waals surface area (Å²) in [6.07, 6.45) is 6.43. The van der Waals surface area contributed by atoms with Gasteiger partial charge in [-0.1, -0.05) is 18.2 Å². The van der Waals surface area contributed by atoms with Gasteiger partial charge < -0.3 is 18.6 Å². The molecule has 3 aromatic rings. The molecular formula is C20H21N3O3. The van der Waals surface area contributed by atoms with Crippen LogP contribution in [0.15, 0.2) is 59.5 Å². The Morgan fingerprint density at radius 3 is 2.96 bits per heavy atom. The molecule has 0 spiro atoms. The zero-order valence-corrected chi connectivity index (χ0v) is 14.7. The van der Waals surface area contributed by atoms with Crippen molar-refractivity contribution in [3.05, 3.63) is 72.2 Å². The minimum Gasteiger partial charge on any atom is -0.486 e. The summed E-state index contributed by atoms with van der Waals surface area (Å²) in [5.41, 5.74) is 0.841. The molecule has 6 nitrogen and oxygen atoms in total. The first kappa shape index (κ1) is 16.4. The molecule has 0 bridgehead atoms. The lowest BCUT2D eigenvalue weighted by Gasteiger charge is -2.16. The van der Waals surface area contributed by atoms with E-state index in [1.165, 1.54) is 0 Å². The number of hydrogen-bond acceptors (Lipinski definition) is 4. The molecule has 1 aromatic carbocycles. The van der Waals surface area contributed by atoms with E-state index in [9.17, 15) is 4.79 Å². The van der Waals surface area contributed by atoms with Crippen molar-refractivity contribution in [1.82, 2.24) is 14.5 Å². The minimum absolute atomic E-state index is 0.0592. The number of carbonyl (C=O) groups is 1. The van der Waals surface area contributed by atoms with E-state index in [1.807, 2.05) is 54.4 Å². The van der Waals surface area contributed by atoms with Gasteiger partial charge in [0.05, 0.1) is 12.4 Å². The van der Waals surface area contributed by atoms with Gasteiger partial charge in [-0.3, -0.25) is 4.79 Å². The van der Waals surface area contributed by atoms with Gasteiger partial charge in [-0.05, 0) is 31.5 Å². The summed E-state index contributed by atoms with van der Waals surface area (Å²) in [5.74, 6) is 1.77. The summed E-state index contributed by atoms with van der Waals surface area (Å²) in [4.78, 5) is 18.8. The van der Waals surface area contributed by atoms with E-state index in [4.69, 9.17) is 9.15 Å². The summed E-state index contributed by atoms with van der Waals surface area (Å²) in [5, 5.41) is 0. The van der Waals surface area contributed by atoms with E-state index >= 15 is 0 Å². The number of imidazole rings is 1. The molecule has 0 saturated carbocycles. The summed E-state index contributed by atoms with van der Waals surface area (Å²) < 4.78 is 13.6. The molecule has 1 aliphatic heterocycles. The van der Waals surface area contributed by atoms with Gasteiger partial charge >= 0.3 is 0 Å². The quantitative estimate of drug-likeness (QED) is 0.706. The Bertz CT molecular complexity index is 871. The molecule has 0 aliphatic carbocycles. The Hall–Kier alpha value is -3.02. The first-order valence-electron chi connectivity index (χ1n) is 8.74. The van der Waals surface area contributed by atoms with Crippen LogP contribution in [0.3, 0.4) is 0 Å². The Labute approximate surface area is 152 Å². The predicted molar refractivity (Wildman–Crippen MR) is 96.0 cm³/mol. The Morgan fingerprint density at radius 1 is 1.35 bits per heavy atom. The molecule has 1 saturated heterocycles. The second kappa shape index (κ2) is 7.07. The number of aromatic nitrogens is 2. The van der Waals surface area contributed by atoms with Crippen molar-refractivity contribution in [2.24, 2.45) is 0 Å². The van der Waals surface area contributed by atoms with Crippen LogP contribution in [0.1, 0.15) is 34.3 Å². The molecule has 1 amide bonds. The Morgan fingerprint density at radius 2 is 2.19 bits per heavy atom. The average Bonchev–Trinajstić information content (AvgIpc) is 3.40. The highest BCUT2D eigenvalue weighted by Gasteiger charge is 2.30. The lowest BCUT2D eigenvalue weighted by Crippen LogP contribution is -2.29. The third kappa shape index (κ3) is 3.35. The number of likely N-dealkylation sites (tertiary alicyclic amines) is 1. The van der Waals surface area contributed by atoms with Crippen LogP contribution in [-0.4, -0.2) is 33.4 Å². The molecule has 6 heteroatoms. The smallest absolute Gasteiger partial charge is 0.289 e. The lowest BCUT2D eigenvalue weighted by atomic mass is 10.2. The zero-order valence-electron chi connectivity index (χ0n) is 14.7. The minimum atomic E-state index is -0.0592. The second-order valence-electron chi connectivity index (χ2n) is 6.53. The average molecular weight is 351 g/mol. The number of carbonyl (C=O) groups excluding carboxylic acids is 1. The van der Waals surface area contributed by atoms with Crippen molar-refractivity contribution in [3.63, 3.8) is 0 Å². The van der Waals surface area contributed by atoms with E-state index in [0.717, 1.165) is 24.3 Å². The maximum Gasteiger partial charge on any atom is 0.289 e. The molecule has 1 aliphatic rings. The second-order valence-corrected chi connectivity index (χ2v) is 6.53. The number of benzene rings is 1. The van der Waals surface area contributed by atoms with Crippen LogP contribution in [0, 0.1) is 6.92 Å².